The van der Waals surface area contributed by atoms with Crippen molar-refractivity contribution >= 4 is 91.9 Å². The molecule has 2 N–H and O–H groups in total. The molecule has 0 saturated carbocycles. The van der Waals surface area contributed by atoms with Crippen molar-refractivity contribution in [2.75, 3.05) is 34.5 Å². The van der Waals surface area contributed by atoms with E-state index in [4.69, 9.17) is 9.47 Å². The highest BCUT2D eigenvalue weighted by Gasteiger charge is 2.59. The molecule has 0 bridgehead atoms. The zero-order valence-corrected chi connectivity index (χ0v) is 38.5. The number of likely N-dealkylation sites (N-methyl/N-ethyl adjacent to an activating group) is 2. The van der Waals surface area contributed by atoms with Gasteiger partial charge in [-0.15, -0.1) is 0 Å². The van der Waals surface area contributed by atoms with Crippen LogP contribution in [0, 0.1) is 7.14 Å². The van der Waals surface area contributed by atoms with E-state index in [9.17, 15) is 9.59 Å². The average Bonchev–Trinajstić information content (AvgIpc) is 3.45. The summed E-state index contributed by atoms with van der Waals surface area (Å²) in [6.07, 6.45) is 15.4. The molecule has 0 fully saturated rings. The number of rotatable bonds is 11. The Hall–Kier alpha value is -4.04. The second-order valence-corrected chi connectivity index (χ2v) is 19.6. The maximum absolute atomic E-state index is 13.0. The third kappa shape index (κ3) is 6.89. The number of hydrogen-bond acceptors (Lipinski definition) is 6. The molecule has 4 aliphatic heterocycles. The number of halogens is 2. The number of nitrogens with zero attached hydrogens (tertiary/aromatic N) is 2. The van der Waals surface area contributed by atoms with Crippen molar-refractivity contribution in [2.45, 2.75) is 101 Å². The minimum Gasteiger partial charge on any atom is -0.463 e. The van der Waals surface area contributed by atoms with Gasteiger partial charge in [-0.2, -0.15) is 0 Å². The van der Waals surface area contributed by atoms with E-state index in [2.05, 4.69) is 174 Å². The predicted octanol–water partition coefficient (Wildman–Crippen LogP) is 11.7. The quantitative estimate of drug-likeness (QED) is 0.115. The SMILES string of the molecule is CN1c2ccc(NC(=O)CCCCCCCCC(=O)Nc3ccc4c(c3)C(C)(C)C3(C=Cc5cc(I)cc(I)c5O3)N4C)cc2C(C)(C)C12C=Cc1ccccc1O2. The predicted molar refractivity (Wildman–Crippen MR) is 253 cm³/mol. The number of amides is 2. The molecule has 0 aliphatic carbocycles. The Morgan fingerprint density at radius 2 is 1.12 bits per heavy atom. The summed E-state index contributed by atoms with van der Waals surface area (Å²) in [4.78, 5) is 30.4. The van der Waals surface area contributed by atoms with Crippen molar-refractivity contribution in [3.63, 3.8) is 0 Å². The molecular weight excluding hydrogens is 950 g/mol. The van der Waals surface area contributed by atoms with E-state index in [1.165, 1.54) is 3.57 Å². The van der Waals surface area contributed by atoms with Crippen LogP contribution >= 0.6 is 45.2 Å². The van der Waals surface area contributed by atoms with Crippen LogP contribution in [0.5, 0.6) is 11.5 Å². The van der Waals surface area contributed by atoms with E-state index >= 15 is 0 Å². The van der Waals surface area contributed by atoms with Crippen LogP contribution in [-0.2, 0) is 20.4 Å². The highest BCUT2D eigenvalue weighted by atomic mass is 127. The van der Waals surface area contributed by atoms with Gasteiger partial charge in [0.25, 0.3) is 0 Å². The van der Waals surface area contributed by atoms with Crippen molar-refractivity contribution < 1.29 is 19.1 Å². The highest BCUT2D eigenvalue weighted by molar-refractivity contribution is 14.1. The Morgan fingerprint density at radius 3 is 1.69 bits per heavy atom. The molecule has 4 aliphatic rings. The fraction of sp³-hybridized carbons (Fsp3) is 0.375. The summed E-state index contributed by atoms with van der Waals surface area (Å²) in [5.41, 5.74) is 6.20. The summed E-state index contributed by atoms with van der Waals surface area (Å²) < 4.78 is 15.9. The topological polar surface area (TPSA) is 83.1 Å². The second-order valence-electron chi connectivity index (χ2n) is 17.2. The maximum atomic E-state index is 13.0. The van der Waals surface area contributed by atoms with Gasteiger partial charge in [0.1, 0.15) is 11.5 Å². The monoisotopic (exact) mass is 1000 g/mol. The third-order valence-corrected chi connectivity index (χ3v) is 14.4. The Morgan fingerprint density at radius 1 is 0.621 bits per heavy atom. The maximum Gasteiger partial charge on any atom is 0.224 e. The summed E-state index contributed by atoms with van der Waals surface area (Å²) in [7, 11) is 4.16. The van der Waals surface area contributed by atoms with Gasteiger partial charge in [0.05, 0.1) is 14.4 Å². The van der Waals surface area contributed by atoms with Gasteiger partial charge in [-0.25, -0.2) is 0 Å². The first kappa shape index (κ1) is 40.7. The van der Waals surface area contributed by atoms with Gasteiger partial charge in [0, 0.05) is 64.4 Å². The summed E-state index contributed by atoms with van der Waals surface area (Å²) in [6.45, 7) is 8.85. The van der Waals surface area contributed by atoms with Crippen LogP contribution in [-0.4, -0.2) is 37.4 Å². The van der Waals surface area contributed by atoms with Crippen LogP contribution in [0.25, 0.3) is 12.2 Å². The molecule has 302 valence electrons. The lowest BCUT2D eigenvalue weighted by Crippen LogP contribution is -2.58. The molecule has 2 atom stereocenters. The fourth-order valence-corrected chi connectivity index (χ4v) is 11.5. The molecular formula is C48H52I2N4O4. The third-order valence-electron chi connectivity index (χ3n) is 12.9. The van der Waals surface area contributed by atoms with E-state index in [1.54, 1.807) is 0 Å². The number of nitrogens with one attached hydrogen (secondary N) is 2. The zero-order chi connectivity index (χ0) is 41.0. The lowest BCUT2D eigenvalue weighted by molar-refractivity contribution is -0.117. The van der Waals surface area contributed by atoms with Gasteiger partial charge in [0.15, 0.2) is 0 Å². The first-order valence-corrected chi connectivity index (χ1v) is 22.5. The van der Waals surface area contributed by atoms with Crippen molar-refractivity contribution in [2.24, 2.45) is 0 Å². The number of carbonyl (C=O) groups excluding carboxylic acids is 2. The number of unbranched alkanes of at least 4 members (excludes halogenated alkanes) is 5. The normalized spacial score (nSPS) is 21.2. The first-order valence-electron chi connectivity index (χ1n) is 20.4. The lowest BCUT2D eigenvalue weighted by Gasteiger charge is -2.46. The Bertz CT molecular complexity index is 2350. The number of fused-ring (bicyclic) bond motifs is 4. The molecule has 2 amide bonds. The van der Waals surface area contributed by atoms with Crippen molar-refractivity contribution in [1.29, 1.82) is 0 Å². The summed E-state index contributed by atoms with van der Waals surface area (Å²) in [5.74, 6) is 1.85. The number of anilines is 4. The molecule has 0 aromatic heterocycles. The minimum atomic E-state index is -0.681. The van der Waals surface area contributed by atoms with Gasteiger partial charge in [-0.3, -0.25) is 9.59 Å². The molecule has 2 unspecified atom stereocenters. The van der Waals surface area contributed by atoms with Gasteiger partial charge in [-0.1, -0.05) is 43.9 Å². The highest BCUT2D eigenvalue weighted by Crippen LogP contribution is 2.56. The molecule has 4 aromatic rings. The number of ether oxygens (including phenoxy) is 2. The molecule has 2 spiro atoms. The molecule has 4 aromatic carbocycles. The van der Waals surface area contributed by atoms with Crippen LogP contribution in [0.2, 0.25) is 0 Å². The summed E-state index contributed by atoms with van der Waals surface area (Å²) in [6, 6.07) is 24.8. The van der Waals surface area contributed by atoms with Crippen LogP contribution in [0.4, 0.5) is 22.7 Å². The second kappa shape index (κ2) is 15.5. The molecule has 8 nitrogen and oxygen atoms in total. The average molecular weight is 1000 g/mol. The molecule has 10 heteroatoms. The lowest BCUT2D eigenvalue weighted by atomic mass is 9.76. The van der Waals surface area contributed by atoms with Gasteiger partial charge < -0.3 is 29.9 Å². The van der Waals surface area contributed by atoms with Gasteiger partial charge in [0.2, 0.25) is 23.3 Å². The van der Waals surface area contributed by atoms with Crippen LogP contribution < -0.4 is 29.9 Å². The molecule has 0 saturated heterocycles. The van der Waals surface area contributed by atoms with E-state index < -0.39 is 11.4 Å². The van der Waals surface area contributed by atoms with Crippen molar-refractivity contribution in [1.82, 2.24) is 0 Å². The fourth-order valence-electron chi connectivity index (χ4n) is 9.47. The summed E-state index contributed by atoms with van der Waals surface area (Å²) >= 11 is 4.71. The van der Waals surface area contributed by atoms with E-state index in [1.807, 2.05) is 30.3 Å². The van der Waals surface area contributed by atoms with E-state index in [-0.39, 0.29) is 22.6 Å². The standard InChI is InChI=1S/C48H52I2N4O4/c1-45(2)36-29-34(19-21-39(36)53(5)47(45)25-23-31-15-13-14-16-41(31)57-47)51-42(55)17-11-9-7-8-10-12-18-43(56)52-35-20-22-40-37(30-35)46(3,4)48(54(40)6)26-24-32-27-33(49)28-38(50)44(32)58-48/h13-16,19-30H,7-12,17-18H2,1-6H3,(H,51,55)(H,52,56). The summed E-state index contributed by atoms with van der Waals surface area (Å²) in [5, 5.41) is 6.30. The van der Waals surface area contributed by atoms with Crippen LogP contribution in [0.1, 0.15) is 101 Å². The van der Waals surface area contributed by atoms with Crippen LogP contribution in [0.3, 0.4) is 0 Å². The molecule has 8 rings (SSSR count). The minimum absolute atomic E-state index is 0.0345. The van der Waals surface area contributed by atoms with Crippen LogP contribution in [0.15, 0.2) is 84.9 Å². The largest absolute Gasteiger partial charge is 0.463 e. The molecule has 0 radical (unpaired) electrons. The Kier molecular flexibility index (Phi) is 10.9. The Labute approximate surface area is 370 Å². The number of para-hydroxylation sites is 1. The zero-order valence-electron chi connectivity index (χ0n) is 34.2. The molecule has 4 heterocycles. The van der Waals surface area contributed by atoms with Gasteiger partial charge >= 0.3 is 0 Å². The number of benzene rings is 4. The smallest absolute Gasteiger partial charge is 0.224 e. The van der Waals surface area contributed by atoms with E-state index in [0.29, 0.717) is 12.8 Å². The first-order chi connectivity index (χ1) is 27.7. The number of carbonyl (C=O) groups is 2. The van der Waals surface area contributed by atoms with E-state index in [0.717, 1.165) is 98.6 Å². The number of hydrogen-bond donors (Lipinski definition) is 2. The Balaban J connectivity index is 0.764. The molecule has 58 heavy (non-hydrogen) atoms. The van der Waals surface area contributed by atoms with Crippen molar-refractivity contribution in [3.8, 4) is 11.5 Å². The van der Waals surface area contributed by atoms with Gasteiger partial charge in [-0.05, 0) is 176 Å². The van der Waals surface area contributed by atoms with Crippen molar-refractivity contribution in [3.05, 3.63) is 114 Å².